The minimum atomic E-state index is 0.0571. The molecule has 0 saturated carbocycles. The molecule has 0 fully saturated rings. The second-order valence-corrected chi connectivity index (χ2v) is 11.9. The lowest BCUT2D eigenvalue weighted by molar-refractivity contribution is 0.396. The summed E-state index contributed by atoms with van der Waals surface area (Å²) in [4.78, 5) is 7.42. The van der Waals surface area contributed by atoms with Gasteiger partial charge < -0.3 is 4.90 Å². The molecule has 2 nitrogen and oxygen atoms in total. The predicted molar refractivity (Wildman–Crippen MR) is 190 cm³/mol. The van der Waals surface area contributed by atoms with Crippen LogP contribution < -0.4 is 0 Å². The molecule has 0 N–H and O–H groups in total. The molecule has 1 unspecified atom stereocenters. The van der Waals surface area contributed by atoms with Crippen LogP contribution in [-0.2, 0) is 0 Å². The number of benzene rings is 7. The first kappa shape index (κ1) is 25.7. The topological polar surface area (TPSA) is 15.6 Å². The average molecular weight is 575 g/mol. The molecule has 0 amide bonds. The van der Waals surface area contributed by atoms with Gasteiger partial charge in [-0.15, -0.1) is 0 Å². The molecule has 2 heteroatoms. The zero-order chi connectivity index (χ0) is 29.7. The van der Waals surface area contributed by atoms with Gasteiger partial charge in [-0.05, 0) is 77.3 Å². The van der Waals surface area contributed by atoms with Crippen molar-refractivity contribution in [2.24, 2.45) is 4.99 Å². The van der Waals surface area contributed by atoms with Crippen molar-refractivity contribution >= 4 is 43.6 Å². The van der Waals surface area contributed by atoms with E-state index in [2.05, 4.69) is 169 Å². The van der Waals surface area contributed by atoms with Crippen molar-refractivity contribution in [3.63, 3.8) is 0 Å². The van der Waals surface area contributed by atoms with E-state index in [0.717, 1.165) is 12.3 Å². The van der Waals surface area contributed by atoms with E-state index < -0.39 is 0 Å². The number of rotatable bonds is 4. The molecule has 2 heterocycles. The van der Waals surface area contributed by atoms with Crippen LogP contribution in [0.15, 0.2) is 169 Å². The summed E-state index contributed by atoms with van der Waals surface area (Å²) in [6.45, 7) is 0.802. The van der Waals surface area contributed by atoms with E-state index in [1.165, 1.54) is 71.3 Å². The second kappa shape index (κ2) is 10.5. The summed E-state index contributed by atoms with van der Waals surface area (Å²) in [5.74, 6) is 0. The predicted octanol–water partition coefficient (Wildman–Crippen LogP) is 10.5. The number of allylic oxidation sites excluding steroid dienone is 2. The van der Waals surface area contributed by atoms with Crippen molar-refractivity contribution < 1.29 is 0 Å². The molecule has 2 aliphatic heterocycles. The summed E-state index contributed by atoms with van der Waals surface area (Å²) >= 11 is 0. The number of fused-ring (bicyclic) bond motifs is 4. The largest absolute Gasteiger partial charge is 0.346 e. The smallest absolute Gasteiger partial charge is 0.140 e. The van der Waals surface area contributed by atoms with Crippen LogP contribution in [0.3, 0.4) is 0 Å². The lowest BCUT2D eigenvalue weighted by Crippen LogP contribution is -2.26. The van der Waals surface area contributed by atoms with E-state index in [0.29, 0.717) is 0 Å². The van der Waals surface area contributed by atoms with Crippen LogP contribution >= 0.6 is 0 Å². The molecule has 45 heavy (non-hydrogen) atoms. The van der Waals surface area contributed by atoms with Gasteiger partial charge in [0.25, 0.3) is 0 Å². The van der Waals surface area contributed by atoms with Gasteiger partial charge in [0.05, 0.1) is 12.3 Å². The normalized spacial score (nSPS) is 15.8. The molecule has 0 radical (unpaired) electrons. The highest BCUT2D eigenvalue weighted by Gasteiger charge is 2.26. The van der Waals surface area contributed by atoms with E-state index in [1.807, 2.05) is 0 Å². The Morgan fingerprint density at radius 3 is 1.78 bits per heavy atom. The second-order valence-electron chi connectivity index (χ2n) is 11.9. The highest BCUT2D eigenvalue weighted by molar-refractivity contribution is 6.23. The monoisotopic (exact) mass is 574 g/mol. The number of hydrogen-bond donors (Lipinski definition) is 0. The molecule has 212 valence electrons. The lowest BCUT2D eigenvalue weighted by Gasteiger charge is -2.23. The van der Waals surface area contributed by atoms with Gasteiger partial charge in [0.2, 0.25) is 0 Å². The number of nitrogens with zero attached hydrogens (tertiary/aromatic N) is 2. The van der Waals surface area contributed by atoms with E-state index in [-0.39, 0.29) is 6.17 Å². The van der Waals surface area contributed by atoms with Crippen molar-refractivity contribution in [1.82, 2.24) is 4.90 Å². The molecule has 0 spiro atoms. The Morgan fingerprint density at radius 2 is 1.07 bits per heavy atom. The minimum Gasteiger partial charge on any atom is -0.346 e. The van der Waals surface area contributed by atoms with E-state index in [4.69, 9.17) is 4.99 Å². The lowest BCUT2D eigenvalue weighted by atomic mass is 9.84. The van der Waals surface area contributed by atoms with Gasteiger partial charge in [0, 0.05) is 6.20 Å². The van der Waals surface area contributed by atoms with Crippen molar-refractivity contribution in [2.45, 2.75) is 6.17 Å². The standard InChI is InChI=1S/C43H30N2/c1-2-11-29(12-3-1)33-25-26-41-44-40(28-45(41)27-33)31-21-23-32(24-22-31)42-36-16-6-8-18-38(36)43(39-19-9-7-17-37(39)42)35-20-10-14-30-13-4-5-15-34(30)35/h1-27,41H,28H2. The highest BCUT2D eigenvalue weighted by Crippen LogP contribution is 2.45. The Bertz CT molecular complexity index is 2280. The Labute approximate surface area is 262 Å². The van der Waals surface area contributed by atoms with Crippen LogP contribution in [0, 0.1) is 0 Å². The molecule has 1 atom stereocenters. The van der Waals surface area contributed by atoms with Crippen molar-refractivity contribution in [3.8, 4) is 22.3 Å². The third-order valence-corrected chi connectivity index (χ3v) is 9.32. The Hall–Kier alpha value is -5.73. The van der Waals surface area contributed by atoms with Gasteiger partial charge >= 0.3 is 0 Å². The van der Waals surface area contributed by atoms with E-state index in [9.17, 15) is 0 Å². The van der Waals surface area contributed by atoms with E-state index >= 15 is 0 Å². The van der Waals surface area contributed by atoms with Gasteiger partial charge in [-0.1, -0.05) is 152 Å². The third kappa shape index (κ3) is 4.29. The maximum Gasteiger partial charge on any atom is 0.140 e. The van der Waals surface area contributed by atoms with Gasteiger partial charge in [0.15, 0.2) is 0 Å². The first-order chi connectivity index (χ1) is 22.3. The maximum absolute atomic E-state index is 5.09. The summed E-state index contributed by atoms with van der Waals surface area (Å²) in [6.07, 6.45) is 6.71. The van der Waals surface area contributed by atoms with Crippen molar-refractivity contribution in [3.05, 3.63) is 175 Å². The van der Waals surface area contributed by atoms with Crippen LogP contribution in [0.2, 0.25) is 0 Å². The molecule has 0 bridgehead atoms. The first-order valence-electron chi connectivity index (χ1n) is 15.6. The first-order valence-corrected chi connectivity index (χ1v) is 15.6. The Morgan fingerprint density at radius 1 is 0.489 bits per heavy atom. The fraction of sp³-hybridized carbons (Fsp3) is 0.0465. The summed E-state index contributed by atoms with van der Waals surface area (Å²) in [7, 11) is 0. The molecule has 9 rings (SSSR count). The minimum absolute atomic E-state index is 0.0571. The number of aliphatic imine (C=N–C) groups is 1. The Kier molecular flexibility index (Phi) is 5.99. The van der Waals surface area contributed by atoms with Crippen LogP contribution in [-0.4, -0.2) is 23.3 Å². The Balaban J connectivity index is 1.13. The van der Waals surface area contributed by atoms with Gasteiger partial charge in [-0.2, -0.15) is 0 Å². The molecule has 0 aliphatic carbocycles. The van der Waals surface area contributed by atoms with Gasteiger partial charge in [0.1, 0.15) is 6.17 Å². The highest BCUT2D eigenvalue weighted by atomic mass is 15.3. The van der Waals surface area contributed by atoms with Crippen LogP contribution in [0.25, 0.3) is 60.1 Å². The molecule has 0 aromatic heterocycles. The zero-order valence-corrected chi connectivity index (χ0v) is 24.8. The van der Waals surface area contributed by atoms with E-state index in [1.54, 1.807) is 0 Å². The fourth-order valence-electron chi connectivity index (χ4n) is 7.20. The molecular weight excluding hydrogens is 544 g/mol. The number of hydrogen-bond acceptors (Lipinski definition) is 2. The molecule has 0 saturated heterocycles. The summed E-state index contributed by atoms with van der Waals surface area (Å²) < 4.78 is 0. The molecule has 2 aliphatic rings. The maximum atomic E-state index is 5.09. The van der Waals surface area contributed by atoms with Crippen LogP contribution in [0.4, 0.5) is 0 Å². The summed E-state index contributed by atoms with van der Waals surface area (Å²) in [6, 6.07) is 52.8. The molecular formula is C43H30N2. The molecule has 7 aromatic carbocycles. The van der Waals surface area contributed by atoms with Crippen LogP contribution in [0.1, 0.15) is 11.1 Å². The average Bonchev–Trinajstić information content (AvgIpc) is 3.55. The quantitative estimate of drug-likeness (QED) is 0.191. The summed E-state index contributed by atoms with van der Waals surface area (Å²) in [5, 5.41) is 7.63. The van der Waals surface area contributed by atoms with Gasteiger partial charge in [-0.3, -0.25) is 4.99 Å². The third-order valence-electron chi connectivity index (χ3n) is 9.32. The molecule has 7 aromatic rings. The SMILES string of the molecule is C1=CC2N=C(c3ccc(-c4c5ccccc5c(-c5cccc6ccccc56)c5ccccc45)cc3)CN2C=C1c1ccccc1. The van der Waals surface area contributed by atoms with Crippen LogP contribution in [0.5, 0.6) is 0 Å². The van der Waals surface area contributed by atoms with Crippen molar-refractivity contribution in [1.29, 1.82) is 0 Å². The zero-order valence-electron chi connectivity index (χ0n) is 24.8. The fourth-order valence-corrected chi connectivity index (χ4v) is 7.20. The van der Waals surface area contributed by atoms with Crippen molar-refractivity contribution in [2.75, 3.05) is 6.54 Å². The van der Waals surface area contributed by atoms with Gasteiger partial charge in [-0.25, -0.2) is 0 Å². The summed E-state index contributed by atoms with van der Waals surface area (Å²) in [5.41, 5.74) is 9.84.